The van der Waals surface area contributed by atoms with Gasteiger partial charge in [-0.25, -0.2) is 18.4 Å². The summed E-state index contributed by atoms with van der Waals surface area (Å²) in [6, 6.07) is 2.50. The molecule has 0 saturated heterocycles. The summed E-state index contributed by atoms with van der Waals surface area (Å²) in [6.45, 7) is 0. The molecule has 2 N–H and O–H groups in total. The van der Waals surface area contributed by atoms with Crippen LogP contribution in [0.3, 0.4) is 0 Å². The number of halogens is 1. The Hall–Kier alpha value is -1.14. The summed E-state index contributed by atoms with van der Waals surface area (Å²) < 4.78 is 21.7. The van der Waals surface area contributed by atoms with Crippen molar-refractivity contribution < 1.29 is 8.42 Å². The van der Waals surface area contributed by atoms with Gasteiger partial charge in [0.1, 0.15) is 0 Å². The second-order valence-corrected chi connectivity index (χ2v) is 4.63. The molecule has 5 nitrogen and oxygen atoms in total. The minimum atomic E-state index is -3.73. The Morgan fingerprint density at radius 2 is 2.31 bits per heavy atom. The van der Waals surface area contributed by atoms with E-state index in [1.165, 1.54) is 18.3 Å². The van der Waals surface area contributed by atoms with Gasteiger partial charge in [-0.3, -0.25) is 0 Å². The Labute approximate surface area is 79.7 Å². The molecule has 0 bridgehead atoms. The molecule has 1 heterocycles. The molecule has 1 aromatic rings. The van der Waals surface area contributed by atoms with Gasteiger partial charge < -0.3 is 5.73 Å². The lowest BCUT2D eigenvalue weighted by Gasteiger charge is -1.95. The SMILES string of the molecule is NC=Nc1cc(S(=O)(=O)Cl)ccn1. The Balaban J connectivity index is 3.21. The molecular formula is C6H6ClN3O2S. The number of pyridine rings is 1. The third kappa shape index (κ3) is 2.67. The molecule has 7 heteroatoms. The van der Waals surface area contributed by atoms with Crippen LogP contribution in [-0.4, -0.2) is 19.7 Å². The largest absolute Gasteiger partial charge is 0.390 e. The van der Waals surface area contributed by atoms with Crippen LogP contribution in [0.4, 0.5) is 5.82 Å². The predicted octanol–water partition coefficient (Wildman–Crippen LogP) is 0.628. The summed E-state index contributed by atoms with van der Waals surface area (Å²) in [4.78, 5) is 7.29. The number of nitrogens with zero attached hydrogens (tertiary/aromatic N) is 2. The maximum absolute atomic E-state index is 10.8. The summed E-state index contributed by atoms with van der Waals surface area (Å²) in [5.41, 5.74) is 5.01. The van der Waals surface area contributed by atoms with E-state index in [2.05, 4.69) is 9.98 Å². The zero-order valence-corrected chi connectivity index (χ0v) is 7.96. The van der Waals surface area contributed by atoms with Crippen molar-refractivity contribution in [3.8, 4) is 0 Å². The molecule has 0 fully saturated rings. The molecule has 1 rings (SSSR count). The number of aromatic nitrogens is 1. The van der Waals surface area contributed by atoms with Crippen LogP contribution >= 0.6 is 10.7 Å². The molecule has 70 valence electrons. The zero-order chi connectivity index (χ0) is 9.90. The average molecular weight is 220 g/mol. The molecule has 0 aliphatic rings. The highest BCUT2D eigenvalue weighted by Gasteiger charge is 2.09. The van der Waals surface area contributed by atoms with E-state index in [0.29, 0.717) is 0 Å². The second kappa shape index (κ2) is 3.71. The fraction of sp³-hybridized carbons (Fsp3) is 0. The Morgan fingerprint density at radius 1 is 1.62 bits per heavy atom. The first-order valence-electron chi connectivity index (χ1n) is 3.19. The molecule has 0 amide bonds. The number of aliphatic imine (C=N–C) groups is 1. The maximum Gasteiger partial charge on any atom is 0.261 e. The molecule has 0 atom stereocenters. The quantitative estimate of drug-likeness (QED) is 0.449. The number of nitrogens with two attached hydrogens (primary N) is 1. The van der Waals surface area contributed by atoms with E-state index in [0.717, 1.165) is 6.34 Å². The second-order valence-electron chi connectivity index (χ2n) is 2.07. The predicted molar refractivity (Wildman–Crippen MR) is 49.6 cm³/mol. The highest BCUT2D eigenvalue weighted by molar-refractivity contribution is 8.13. The van der Waals surface area contributed by atoms with Crippen molar-refractivity contribution in [2.45, 2.75) is 4.90 Å². The molecule has 0 aromatic carbocycles. The van der Waals surface area contributed by atoms with E-state index in [9.17, 15) is 8.42 Å². The number of hydrogen-bond acceptors (Lipinski definition) is 4. The molecule has 0 radical (unpaired) electrons. The third-order valence-corrected chi connectivity index (χ3v) is 2.56. The molecule has 1 aromatic heterocycles. The fourth-order valence-electron chi connectivity index (χ4n) is 0.698. The van der Waals surface area contributed by atoms with Gasteiger partial charge in [-0.15, -0.1) is 0 Å². The highest BCUT2D eigenvalue weighted by atomic mass is 35.7. The van der Waals surface area contributed by atoms with Crippen LogP contribution < -0.4 is 5.73 Å². The maximum atomic E-state index is 10.8. The first-order chi connectivity index (χ1) is 6.04. The van der Waals surface area contributed by atoms with Gasteiger partial charge in [0.15, 0.2) is 5.82 Å². The summed E-state index contributed by atoms with van der Waals surface area (Å²) >= 11 is 0. The average Bonchev–Trinajstić information content (AvgIpc) is 2.04. The van der Waals surface area contributed by atoms with Crippen LogP contribution in [0.5, 0.6) is 0 Å². The monoisotopic (exact) mass is 219 g/mol. The van der Waals surface area contributed by atoms with Gasteiger partial charge >= 0.3 is 0 Å². The normalized spacial score (nSPS) is 12.1. The van der Waals surface area contributed by atoms with Gasteiger partial charge in [0.05, 0.1) is 11.2 Å². The Morgan fingerprint density at radius 3 is 2.85 bits per heavy atom. The Bertz CT molecular complexity index is 429. The van der Waals surface area contributed by atoms with Crippen molar-refractivity contribution in [1.82, 2.24) is 4.98 Å². The topological polar surface area (TPSA) is 85.4 Å². The third-order valence-electron chi connectivity index (χ3n) is 1.21. The van der Waals surface area contributed by atoms with Gasteiger partial charge in [-0.05, 0) is 6.07 Å². The molecule has 0 saturated carbocycles. The standard InChI is InChI=1S/C6H6ClN3O2S/c7-13(11,12)5-1-2-9-6(3-5)10-4-8/h1-4H,(H2,8,9,10). The molecule has 0 aliphatic heterocycles. The lowest BCUT2D eigenvalue weighted by atomic mass is 10.5. The van der Waals surface area contributed by atoms with E-state index in [1.807, 2.05) is 0 Å². The van der Waals surface area contributed by atoms with Crippen LogP contribution in [-0.2, 0) is 9.05 Å². The number of hydrogen-bond donors (Lipinski definition) is 1. The summed E-state index contributed by atoms with van der Waals surface area (Å²) in [5, 5.41) is 0. The smallest absolute Gasteiger partial charge is 0.261 e. The molecule has 0 spiro atoms. The van der Waals surface area contributed by atoms with Crippen LogP contribution in [0.15, 0.2) is 28.2 Å². The first-order valence-corrected chi connectivity index (χ1v) is 5.50. The van der Waals surface area contributed by atoms with E-state index in [-0.39, 0.29) is 10.7 Å². The molecule has 0 unspecified atom stereocenters. The van der Waals surface area contributed by atoms with Crippen molar-refractivity contribution in [3.63, 3.8) is 0 Å². The van der Waals surface area contributed by atoms with E-state index in [1.54, 1.807) is 0 Å². The number of rotatable bonds is 2. The lowest BCUT2D eigenvalue weighted by molar-refractivity contribution is 0.609. The van der Waals surface area contributed by atoms with Crippen LogP contribution in [0, 0.1) is 0 Å². The summed E-state index contributed by atoms with van der Waals surface area (Å²) in [6.07, 6.45) is 2.31. The van der Waals surface area contributed by atoms with Crippen molar-refractivity contribution in [3.05, 3.63) is 18.3 Å². The van der Waals surface area contributed by atoms with E-state index >= 15 is 0 Å². The van der Waals surface area contributed by atoms with Crippen LogP contribution in [0.2, 0.25) is 0 Å². The molecule has 0 aliphatic carbocycles. The molecular weight excluding hydrogens is 214 g/mol. The fourth-order valence-corrected chi connectivity index (χ4v) is 1.46. The first kappa shape index (κ1) is 9.94. The van der Waals surface area contributed by atoms with E-state index < -0.39 is 9.05 Å². The molecule has 13 heavy (non-hydrogen) atoms. The minimum Gasteiger partial charge on any atom is -0.390 e. The minimum absolute atomic E-state index is 0.0511. The summed E-state index contributed by atoms with van der Waals surface area (Å²) in [5.74, 6) is 0.198. The van der Waals surface area contributed by atoms with Gasteiger partial charge in [0, 0.05) is 22.9 Å². The van der Waals surface area contributed by atoms with Crippen molar-refractivity contribution in [2.75, 3.05) is 0 Å². The van der Waals surface area contributed by atoms with E-state index in [4.69, 9.17) is 16.4 Å². The van der Waals surface area contributed by atoms with Gasteiger partial charge in [-0.2, -0.15) is 0 Å². The van der Waals surface area contributed by atoms with Gasteiger partial charge in [0.25, 0.3) is 9.05 Å². The summed E-state index contributed by atoms with van der Waals surface area (Å²) in [7, 11) is 1.37. The zero-order valence-electron chi connectivity index (χ0n) is 6.38. The van der Waals surface area contributed by atoms with Gasteiger partial charge in [0.2, 0.25) is 0 Å². The lowest BCUT2D eigenvalue weighted by Crippen LogP contribution is -1.92. The van der Waals surface area contributed by atoms with Crippen molar-refractivity contribution in [1.29, 1.82) is 0 Å². The van der Waals surface area contributed by atoms with Crippen LogP contribution in [0.25, 0.3) is 0 Å². The van der Waals surface area contributed by atoms with Crippen molar-refractivity contribution in [2.24, 2.45) is 10.7 Å². The van der Waals surface area contributed by atoms with Gasteiger partial charge in [-0.1, -0.05) is 0 Å². The van der Waals surface area contributed by atoms with Crippen molar-refractivity contribution >= 4 is 31.9 Å². The van der Waals surface area contributed by atoms with Crippen LogP contribution in [0.1, 0.15) is 0 Å². The Kier molecular flexibility index (Phi) is 2.84. The highest BCUT2D eigenvalue weighted by Crippen LogP contribution is 2.17.